The molecule has 0 radical (unpaired) electrons. The Labute approximate surface area is 122 Å². The predicted octanol–water partition coefficient (Wildman–Crippen LogP) is 2.22. The fourth-order valence-corrected chi connectivity index (χ4v) is 3.73. The van der Waals surface area contributed by atoms with E-state index in [0.29, 0.717) is 18.0 Å². The number of nitrogens with two attached hydrogens (primary N) is 1. The van der Waals surface area contributed by atoms with Crippen LogP contribution in [0.1, 0.15) is 30.9 Å². The molecule has 2 aliphatic rings. The van der Waals surface area contributed by atoms with Crippen molar-refractivity contribution in [3.8, 4) is 5.75 Å². The van der Waals surface area contributed by atoms with Crippen LogP contribution in [-0.4, -0.2) is 37.2 Å². The lowest BCUT2D eigenvalue weighted by Gasteiger charge is -2.33. The molecule has 20 heavy (non-hydrogen) atoms. The van der Waals surface area contributed by atoms with Crippen molar-refractivity contribution < 1.29 is 4.74 Å². The van der Waals surface area contributed by atoms with Crippen LogP contribution in [0.5, 0.6) is 5.75 Å². The normalized spacial score (nSPS) is 28.1. The van der Waals surface area contributed by atoms with Gasteiger partial charge in [-0.3, -0.25) is 4.90 Å². The number of nitrogens with zero attached hydrogens (tertiary/aromatic N) is 1. The number of ether oxygens (including phenoxy) is 1. The van der Waals surface area contributed by atoms with Crippen LogP contribution in [0.4, 0.5) is 0 Å². The van der Waals surface area contributed by atoms with E-state index < -0.39 is 0 Å². The van der Waals surface area contributed by atoms with Crippen LogP contribution >= 0.6 is 0 Å². The molecule has 3 unspecified atom stereocenters. The van der Waals surface area contributed by atoms with Crippen LogP contribution in [0.15, 0.2) is 18.2 Å². The zero-order chi connectivity index (χ0) is 14.1. The van der Waals surface area contributed by atoms with Gasteiger partial charge in [-0.1, -0.05) is 6.07 Å². The van der Waals surface area contributed by atoms with Crippen molar-refractivity contribution in [1.29, 1.82) is 0 Å². The standard InChI is InChI=1S/C17H26N2O/c1-12(18)14-7-8-19(11-14)16-5-3-13-4-6-17(20-2)10-15(13)9-16/h4,6,10,12,14,16H,3,5,7-9,11,18H2,1-2H3. The van der Waals surface area contributed by atoms with E-state index in [2.05, 4.69) is 30.0 Å². The maximum absolute atomic E-state index is 6.06. The van der Waals surface area contributed by atoms with E-state index in [1.54, 1.807) is 7.11 Å². The average Bonchev–Trinajstić information content (AvgIpc) is 2.96. The molecular weight excluding hydrogens is 248 g/mol. The highest BCUT2D eigenvalue weighted by atomic mass is 16.5. The molecule has 2 N–H and O–H groups in total. The molecule has 3 atom stereocenters. The van der Waals surface area contributed by atoms with Gasteiger partial charge in [0, 0.05) is 18.6 Å². The van der Waals surface area contributed by atoms with E-state index in [1.165, 1.54) is 43.5 Å². The monoisotopic (exact) mass is 274 g/mol. The van der Waals surface area contributed by atoms with Gasteiger partial charge >= 0.3 is 0 Å². The molecule has 1 heterocycles. The molecule has 1 aromatic carbocycles. The molecule has 0 bridgehead atoms. The van der Waals surface area contributed by atoms with Crippen molar-refractivity contribution in [2.24, 2.45) is 11.7 Å². The minimum atomic E-state index is 0.330. The van der Waals surface area contributed by atoms with Crippen molar-refractivity contribution in [1.82, 2.24) is 4.90 Å². The van der Waals surface area contributed by atoms with Crippen molar-refractivity contribution >= 4 is 0 Å². The van der Waals surface area contributed by atoms with E-state index in [1.807, 2.05) is 0 Å². The van der Waals surface area contributed by atoms with Crippen molar-refractivity contribution in [2.45, 2.75) is 44.7 Å². The quantitative estimate of drug-likeness (QED) is 0.918. The molecule has 0 spiro atoms. The number of likely N-dealkylation sites (tertiary alicyclic amines) is 1. The van der Waals surface area contributed by atoms with Gasteiger partial charge in [-0.15, -0.1) is 0 Å². The highest BCUT2D eigenvalue weighted by molar-refractivity contribution is 5.38. The van der Waals surface area contributed by atoms with Gasteiger partial charge in [0.15, 0.2) is 0 Å². The van der Waals surface area contributed by atoms with Crippen LogP contribution in [-0.2, 0) is 12.8 Å². The van der Waals surface area contributed by atoms with Crippen LogP contribution < -0.4 is 10.5 Å². The molecule has 1 aliphatic carbocycles. The second kappa shape index (κ2) is 5.74. The van der Waals surface area contributed by atoms with Crippen molar-refractivity contribution in [3.63, 3.8) is 0 Å². The summed E-state index contributed by atoms with van der Waals surface area (Å²) in [6.07, 6.45) is 4.91. The predicted molar refractivity (Wildman–Crippen MR) is 82.1 cm³/mol. The summed E-state index contributed by atoms with van der Waals surface area (Å²) < 4.78 is 5.36. The summed E-state index contributed by atoms with van der Waals surface area (Å²) in [6, 6.07) is 7.57. The minimum Gasteiger partial charge on any atom is -0.497 e. The largest absolute Gasteiger partial charge is 0.497 e. The number of aryl methyl sites for hydroxylation is 1. The summed E-state index contributed by atoms with van der Waals surface area (Å²) in [5.41, 5.74) is 9.04. The molecule has 1 saturated heterocycles. The number of rotatable bonds is 3. The summed E-state index contributed by atoms with van der Waals surface area (Å²) in [7, 11) is 1.75. The Bertz CT molecular complexity index is 472. The minimum absolute atomic E-state index is 0.330. The first-order chi connectivity index (χ1) is 9.67. The molecule has 0 aromatic heterocycles. The molecule has 3 rings (SSSR count). The number of hydrogen-bond acceptors (Lipinski definition) is 3. The van der Waals surface area contributed by atoms with Gasteiger partial charge in [-0.2, -0.15) is 0 Å². The van der Waals surface area contributed by atoms with Crippen molar-refractivity contribution in [3.05, 3.63) is 29.3 Å². The Kier molecular flexibility index (Phi) is 3.99. The Balaban J connectivity index is 1.69. The first kappa shape index (κ1) is 13.9. The van der Waals surface area contributed by atoms with Crippen molar-refractivity contribution in [2.75, 3.05) is 20.2 Å². The van der Waals surface area contributed by atoms with E-state index >= 15 is 0 Å². The molecule has 0 amide bonds. The lowest BCUT2D eigenvalue weighted by Crippen LogP contribution is -2.39. The van der Waals surface area contributed by atoms with Crippen LogP contribution in [0.25, 0.3) is 0 Å². The van der Waals surface area contributed by atoms with E-state index in [9.17, 15) is 0 Å². The lowest BCUT2D eigenvalue weighted by molar-refractivity contribution is 0.211. The van der Waals surface area contributed by atoms with E-state index in [0.717, 1.165) is 12.2 Å². The van der Waals surface area contributed by atoms with Crippen LogP contribution in [0.2, 0.25) is 0 Å². The highest BCUT2D eigenvalue weighted by Gasteiger charge is 2.31. The van der Waals surface area contributed by atoms with Gasteiger partial charge in [0.05, 0.1) is 7.11 Å². The van der Waals surface area contributed by atoms with E-state index in [4.69, 9.17) is 10.5 Å². The summed E-state index contributed by atoms with van der Waals surface area (Å²) in [6.45, 7) is 4.55. The van der Waals surface area contributed by atoms with Gasteiger partial charge in [0.25, 0.3) is 0 Å². The number of benzene rings is 1. The second-order valence-corrected chi connectivity index (χ2v) is 6.43. The molecule has 0 saturated carbocycles. The molecule has 110 valence electrons. The first-order valence-corrected chi connectivity index (χ1v) is 7.83. The average molecular weight is 274 g/mol. The summed E-state index contributed by atoms with van der Waals surface area (Å²) in [5.74, 6) is 1.67. The maximum atomic E-state index is 6.06. The van der Waals surface area contributed by atoms with Crippen LogP contribution in [0.3, 0.4) is 0 Å². The van der Waals surface area contributed by atoms with Gasteiger partial charge in [-0.05, 0) is 68.3 Å². The van der Waals surface area contributed by atoms with Crippen LogP contribution in [0, 0.1) is 5.92 Å². The first-order valence-electron chi connectivity index (χ1n) is 7.83. The number of hydrogen-bond donors (Lipinski definition) is 1. The topological polar surface area (TPSA) is 38.5 Å². The highest BCUT2D eigenvalue weighted by Crippen LogP contribution is 2.30. The summed E-state index contributed by atoms with van der Waals surface area (Å²) >= 11 is 0. The van der Waals surface area contributed by atoms with Gasteiger partial charge in [0.1, 0.15) is 5.75 Å². The molecule has 1 aromatic rings. The Morgan fingerprint density at radius 3 is 2.85 bits per heavy atom. The Hall–Kier alpha value is -1.06. The number of methoxy groups -OCH3 is 1. The zero-order valence-corrected chi connectivity index (χ0v) is 12.6. The van der Waals surface area contributed by atoms with Gasteiger partial charge in [0.2, 0.25) is 0 Å². The Morgan fingerprint density at radius 1 is 1.30 bits per heavy atom. The molecule has 1 aliphatic heterocycles. The third kappa shape index (κ3) is 2.70. The maximum Gasteiger partial charge on any atom is 0.119 e. The third-order valence-corrected chi connectivity index (χ3v) is 5.13. The third-order valence-electron chi connectivity index (χ3n) is 5.13. The fourth-order valence-electron chi connectivity index (χ4n) is 3.73. The molecule has 3 nitrogen and oxygen atoms in total. The fraction of sp³-hybridized carbons (Fsp3) is 0.647. The summed E-state index contributed by atoms with van der Waals surface area (Å²) in [4.78, 5) is 2.66. The van der Waals surface area contributed by atoms with E-state index in [-0.39, 0.29) is 0 Å². The molecular formula is C17H26N2O. The smallest absolute Gasteiger partial charge is 0.119 e. The SMILES string of the molecule is COc1ccc2c(c1)CC(N1CCC(C(C)N)C1)CC2. The summed E-state index contributed by atoms with van der Waals surface area (Å²) in [5, 5.41) is 0. The zero-order valence-electron chi connectivity index (χ0n) is 12.6. The molecule has 3 heteroatoms. The molecule has 1 fully saturated rings. The Morgan fingerprint density at radius 2 is 2.15 bits per heavy atom. The van der Waals surface area contributed by atoms with Gasteiger partial charge in [-0.25, -0.2) is 0 Å². The van der Waals surface area contributed by atoms with Gasteiger partial charge < -0.3 is 10.5 Å². The number of fused-ring (bicyclic) bond motifs is 1. The lowest BCUT2D eigenvalue weighted by atomic mass is 9.87. The second-order valence-electron chi connectivity index (χ2n) is 6.43.